The van der Waals surface area contributed by atoms with Gasteiger partial charge in [0.15, 0.2) is 0 Å². The molecule has 0 saturated carbocycles. The minimum atomic E-state index is -4.53. The molecule has 8 heteroatoms. The minimum absolute atomic E-state index is 0.0529. The van der Waals surface area contributed by atoms with Gasteiger partial charge >= 0.3 is 12.1 Å². The quantitative estimate of drug-likeness (QED) is 0.485. The fourth-order valence-electron chi connectivity index (χ4n) is 2.49. The third kappa shape index (κ3) is 5.71. The van der Waals surface area contributed by atoms with Gasteiger partial charge in [0.05, 0.1) is 5.56 Å². The minimum Gasteiger partial charge on any atom is -0.474 e. The Morgan fingerprint density at radius 3 is 2.48 bits per heavy atom. The van der Waals surface area contributed by atoms with Crippen molar-refractivity contribution < 1.29 is 27.4 Å². The first-order valence-electron chi connectivity index (χ1n) is 8.48. The number of ether oxygens (including phenoxy) is 2. The molecule has 0 aliphatic heterocycles. The maximum atomic E-state index is 13.0. The average molecular weight is 422 g/mol. The van der Waals surface area contributed by atoms with Gasteiger partial charge in [-0.2, -0.15) is 13.2 Å². The average Bonchev–Trinajstić information content (AvgIpc) is 2.71. The standard InChI is InChI=1S/C21H15ClF3NO3/c22-17-8-6-15(7-9-17)19(20(27)28-13-14-3-2-10-26-12-14)29-18-5-1-4-16(11-18)21(23,24)25/h1-12,19H,13H2. The van der Waals surface area contributed by atoms with Crippen LogP contribution in [0.25, 0.3) is 0 Å². The summed E-state index contributed by atoms with van der Waals surface area (Å²) < 4.78 is 49.8. The third-order valence-corrected chi connectivity index (χ3v) is 4.16. The van der Waals surface area contributed by atoms with Crippen molar-refractivity contribution in [2.24, 2.45) is 0 Å². The van der Waals surface area contributed by atoms with Gasteiger partial charge in [-0.1, -0.05) is 35.9 Å². The summed E-state index contributed by atoms with van der Waals surface area (Å²) in [6.07, 6.45) is -2.68. The van der Waals surface area contributed by atoms with E-state index in [0.29, 0.717) is 16.1 Å². The molecule has 1 atom stereocenters. The van der Waals surface area contributed by atoms with Crippen molar-refractivity contribution in [2.75, 3.05) is 0 Å². The van der Waals surface area contributed by atoms with Gasteiger partial charge in [-0.05, 0) is 36.4 Å². The topological polar surface area (TPSA) is 48.4 Å². The van der Waals surface area contributed by atoms with Crippen molar-refractivity contribution in [1.82, 2.24) is 4.98 Å². The van der Waals surface area contributed by atoms with E-state index in [1.807, 2.05) is 0 Å². The number of rotatable bonds is 6. The number of carbonyl (C=O) groups is 1. The van der Waals surface area contributed by atoms with E-state index in [4.69, 9.17) is 21.1 Å². The van der Waals surface area contributed by atoms with Crippen LogP contribution in [0, 0.1) is 0 Å². The molecule has 150 valence electrons. The summed E-state index contributed by atoms with van der Waals surface area (Å²) in [6.45, 7) is -0.0529. The molecule has 2 aromatic carbocycles. The highest BCUT2D eigenvalue weighted by molar-refractivity contribution is 6.30. The number of hydrogen-bond acceptors (Lipinski definition) is 4. The lowest BCUT2D eigenvalue weighted by Gasteiger charge is -2.19. The summed E-state index contributed by atoms with van der Waals surface area (Å²) in [5.41, 5.74) is 0.173. The Bertz CT molecular complexity index is 963. The van der Waals surface area contributed by atoms with Crippen molar-refractivity contribution in [3.8, 4) is 5.75 Å². The van der Waals surface area contributed by atoms with E-state index in [0.717, 1.165) is 12.1 Å². The molecule has 1 aromatic heterocycles. The van der Waals surface area contributed by atoms with Gasteiger partial charge in [-0.3, -0.25) is 4.98 Å². The zero-order valence-electron chi connectivity index (χ0n) is 14.9. The molecule has 1 unspecified atom stereocenters. The molecule has 0 fully saturated rings. The van der Waals surface area contributed by atoms with Crippen LogP contribution in [-0.2, 0) is 22.3 Å². The molecule has 0 saturated heterocycles. The summed E-state index contributed by atoms with van der Waals surface area (Å²) in [7, 11) is 0. The second-order valence-corrected chi connectivity index (χ2v) is 6.48. The summed E-state index contributed by atoms with van der Waals surface area (Å²) in [6, 6.07) is 13.9. The fourth-order valence-corrected chi connectivity index (χ4v) is 2.61. The summed E-state index contributed by atoms with van der Waals surface area (Å²) >= 11 is 5.88. The van der Waals surface area contributed by atoms with E-state index < -0.39 is 23.8 Å². The number of halogens is 4. The molecule has 3 aromatic rings. The van der Waals surface area contributed by atoms with Gasteiger partial charge in [0, 0.05) is 28.5 Å². The Morgan fingerprint density at radius 2 is 1.83 bits per heavy atom. The van der Waals surface area contributed by atoms with Crippen LogP contribution >= 0.6 is 11.6 Å². The molecule has 0 radical (unpaired) electrons. The molecular weight excluding hydrogens is 407 g/mol. The Hall–Kier alpha value is -3.06. The molecule has 0 aliphatic rings. The van der Waals surface area contributed by atoms with Crippen LogP contribution in [-0.4, -0.2) is 11.0 Å². The fraction of sp³-hybridized carbons (Fsp3) is 0.143. The normalized spacial score (nSPS) is 12.3. The first kappa shape index (κ1) is 20.7. The highest BCUT2D eigenvalue weighted by Gasteiger charge is 2.31. The van der Waals surface area contributed by atoms with Crippen molar-refractivity contribution in [1.29, 1.82) is 0 Å². The van der Waals surface area contributed by atoms with Crippen molar-refractivity contribution >= 4 is 17.6 Å². The number of aromatic nitrogens is 1. The van der Waals surface area contributed by atoms with E-state index in [1.165, 1.54) is 18.3 Å². The van der Waals surface area contributed by atoms with Crippen molar-refractivity contribution in [2.45, 2.75) is 18.9 Å². The second-order valence-electron chi connectivity index (χ2n) is 6.04. The molecule has 4 nitrogen and oxygen atoms in total. The summed E-state index contributed by atoms with van der Waals surface area (Å²) in [4.78, 5) is 16.6. The summed E-state index contributed by atoms with van der Waals surface area (Å²) in [5.74, 6) is -0.869. The molecule has 0 N–H and O–H groups in total. The summed E-state index contributed by atoms with van der Waals surface area (Å²) in [5, 5.41) is 0.440. The van der Waals surface area contributed by atoms with Gasteiger partial charge in [0.2, 0.25) is 6.10 Å². The Balaban J connectivity index is 1.83. The van der Waals surface area contributed by atoms with E-state index in [9.17, 15) is 18.0 Å². The maximum Gasteiger partial charge on any atom is 0.416 e. The van der Waals surface area contributed by atoms with E-state index in [-0.39, 0.29) is 12.4 Å². The van der Waals surface area contributed by atoms with Crippen molar-refractivity contribution in [3.05, 3.63) is 94.8 Å². The van der Waals surface area contributed by atoms with Gasteiger partial charge in [0.1, 0.15) is 12.4 Å². The number of nitrogens with zero attached hydrogens (tertiary/aromatic N) is 1. The van der Waals surface area contributed by atoms with Crippen LogP contribution in [0.2, 0.25) is 5.02 Å². The SMILES string of the molecule is O=C(OCc1cccnc1)C(Oc1cccc(C(F)(F)F)c1)c1ccc(Cl)cc1. The number of pyridine rings is 1. The number of hydrogen-bond donors (Lipinski definition) is 0. The molecule has 0 aliphatic carbocycles. The highest BCUT2D eigenvalue weighted by Crippen LogP contribution is 2.33. The van der Waals surface area contributed by atoms with E-state index >= 15 is 0 Å². The van der Waals surface area contributed by atoms with Crippen LogP contribution in [0.3, 0.4) is 0 Å². The van der Waals surface area contributed by atoms with E-state index in [2.05, 4.69) is 4.98 Å². The number of esters is 1. The van der Waals surface area contributed by atoms with Crippen LogP contribution in [0.1, 0.15) is 22.8 Å². The number of benzene rings is 2. The largest absolute Gasteiger partial charge is 0.474 e. The number of carbonyl (C=O) groups excluding carboxylic acids is 1. The van der Waals surface area contributed by atoms with Gasteiger partial charge in [-0.25, -0.2) is 4.79 Å². The first-order chi connectivity index (χ1) is 13.8. The highest BCUT2D eigenvalue weighted by atomic mass is 35.5. The molecule has 1 heterocycles. The van der Waals surface area contributed by atoms with Gasteiger partial charge in [0.25, 0.3) is 0 Å². The van der Waals surface area contributed by atoms with Gasteiger partial charge in [-0.15, -0.1) is 0 Å². The molecular formula is C21H15ClF3NO3. The molecule has 0 amide bonds. The Morgan fingerprint density at radius 1 is 1.07 bits per heavy atom. The lowest BCUT2D eigenvalue weighted by atomic mass is 10.1. The van der Waals surface area contributed by atoms with E-state index in [1.54, 1.807) is 42.6 Å². The lowest BCUT2D eigenvalue weighted by Crippen LogP contribution is -2.21. The molecule has 0 bridgehead atoms. The van der Waals surface area contributed by atoms with Crippen LogP contribution in [0.5, 0.6) is 5.75 Å². The zero-order valence-corrected chi connectivity index (χ0v) is 15.7. The van der Waals surface area contributed by atoms with Crippen LogP contribution < -0.4 is 4.74 Å². The van der Waals surface area contributed by atoms with Crippen LogP contribution in [0.15, 0.2) is 73.1 Å². The molecule has 29 heavy (non-hydrogen) atoms. The maximum absolute atomic E-state index is 13.0. The Kier molecular flexibility index (Phi) is 6.39. The second kappa shape index (κ2) is 8.96. The van der Waals surface area contributed by atoms with Crippen molar-refractivity contribution in [3.63, 3.8) is 0 Å². The van der Waals surface area contributed by atoms with Crippen LogP contribution in [0.4, 0.5) is 13.2 Å². The molecule has 3 rings (SSSR count). The predicted octanol–water partition coefficient (Wildman–Crippen LogP) is 5.62. The lowest BCUT2D eigenvalue weighted by molar-refractivity contribution is -0.153. The predicted molar refractivity (Wildman–Crippen MR) is 100 cm³/mol. The smallest absolute Gasteiger partial charge is 0.416 e. The monoisotopic (exact) mass is 421 g/mol. The third-order valence-electron chi connectivity index (χ3n) is 3.91. The zero-order chi connectivity index (χ0) is 20.9. The number of alkyl halides is 3. The molecule has 0 spiro atoms. The first-order valence-corrected chi connectivity index (χ1v) is 8.85. The Labute approximate surface area is 169 Å². The van der Waals surface area contributed by atoms with Gasteiger partial charge < -0.3 is 9.47 Å².